The summed E-state index contributed by atoms with van der Waals surface area (Å²) in [6, 6.07) is 7.95. The van der Waals surface area contributed by atoms with Crippen molar-refractivity contribution in [2.75, 3.05) is 0 Å². The molecule has 0 amide bonds. The average molecular weight is 327 g/mol. The van der Waals surface area contributed by atoms with E-state index in [-0.39, 0.29) is 16.5 Å². The van der Waals surface area contributed by atoms with E-state index >= 15 is 0 Å². The number of aryl methyl sites for hydroxylation is 1. The van der Waals surface area contributed by atoms with Gasteiger partial charge in [-0.1, -0.05) is 11.6 Å². The maximum Gasteiger partial charge on any atom is 0.242 e. The zero-order valence-electron chi connectivity index (χ0n) is 10.6. The van der Waals surface area contributed by atoms with Crippen molar-refractivity contribution in [3.8, 4) is 6.07 Å². The van der Waals surface area contributed by atoms with Crippen LogP contribution in [0.25, 0.3) is 0 Å². The molecule has 0 spiro atoms. The molecule has 0 aliphatic heterocycles. The van der Waals surface area contributed by atoms with E-state index in [4.69, 9.17) is 16.9 Å². The minimum Gasteiger partial charge on any atom is -0.207 e. The minimum absolute atomic E-state index is 0.0209. The van der Waals surface area contributed by atoms with Gasteiger partial charge in [0.05, 0.1) is 16.7 Å². The van der Waals surface area contributed by atoms with Crippen molar-refractivity contribution in [2.45, 2.75) is 18.4 Å². The maximum absolute atomic E-state index is 12.2. The molecule has 2 rings (SSSR count). The maximum atomic E-state index is 12.2. The molecule has 0 saturated carbocycles. The fourth-order valence-corrected chi connectivity index (χ4v) is 4.09. The Kier molecular flexibility index (Phi) is 4.45. The third-order valence-corrected chi connectivity index (χ3v) is 5.65. The Hall–Kier alpha value is -1.39. The van der Waals surface area contributed by atoms with Crippen molar-refractivity contribution in [2.24, 2.45) is 0 Å². The van der Waals surface area contributed by atoms with Crippen LogP contribution in [0.15, 0.2) is 34.5 Å². The van der Waals surface area contributed by atoms with Gasteiger partial charge in [0.15, 0.2) is 0 Å². The first kappa shape index (κ1) is 15.0. The Morgan fingerprint density at radius 3 is 2.70 bits per heavy atom. The topological polar surface area (TPSA) is 70.0 Å². The molecule has 0 aliphatic rings. The van der Waals surface area contributed by atoms with Gasteiger partial charge in [0.1, 0.15) is 4.90 Å². The lowest BCUT2D eigenvalue weighted by Gasteiger charge is -2.08. The first-order valence-electron chi connectivity index (χ1n) is 5.66. The molecule has 0 bridgehead atoms. The quantitative estimate of drug-likeness (QED) is 0.938. The van der Waals surface area contributed by atoms with Crippen molar-refractivity contribution in [3.63, 3.8) is 0 Å². The van der Waals surface area contributed by atoms with Gasteiger partial charge >= 0.3 is 0 Å². The number of rotatable bonds is 4. The predicted octanol–water partition coefficient (Wildman–Crippen LogP) is 3.06. The van der Waals surface area contributed by atoms with E-state index in [1.807, 2.05) is 24.4 Å². The van der Waals surface area contributed by atoms with E-state index in [2.05, 4.69) is 4.72 Å². The van der Waals surface area contributed by atoms with Crippen LogP contribution < -0.4 is 4.72 Å². The van der Waals surface area contributed by atoms with Gasteiger partial charge in [-0.3, -0.25) is 0 Å². The highest BCUT2D eigenvalue weighted by molar-refractivity contribution is 7.89. The van der Waals surface area contributed by atoms with Crippen LogP contribution in [0.3, 0.4) is 0 Å². The Bertz CT molecular complexity index is 776. The zero-order chi connectivity index (χ0) is 14.8. The van der Waals surface area contributed by atoms with Crippen LogP contribution in [0, 0.1) is 18.3 Å². The van der Waals surface area contributed by atoms with E-state index in [0.717, 1.165) is 10.4 Å². The summed E-state index contributed by atoms with van der Waals surface area (Å²) < 4.78 is 26.9. The lowest BCUT2D eigenvalue weighted by Crippen LogP contribution is -2.23. The number of benzene rings is 1. The number of nitrogens with one attached hydrogen (secondary N) is 1. The molecule has 0 saturated heterocycles. The Labute approximate surface area is 126 Å². The Morgan fingerprint density at radius 1 is 1.40 bits per heavy atom. The van der Waals surface area contributed by atoms with Crippen molar-refractivity contribution in [3.05, 3.63) is 50.7 Å². The molecular weight excluding hydrogens is 316 g/mol. The summed E-state index contributed by atoms with van der Waals surface area (Å²) >= 11 is 7.41. The molecule has 7 heteroatoms. The first-order chi connectivity index (χ1) is 9.44. The third-order valence-electron chi connectivity index (χ3n) is 2.74. The summed E-state index contributed by atoms with van der Waals surface area (Å²) in [7, 11) is -3.69. The van der Waals surface area contributed by atoms with Gasteiger partial charge < -0.3 is 0 Å². The van der Waals surface area contributed by atoms with Crippen LogP contribution in [-0.2, 0) is 16.6 Å². The summed E-state index contributed by atoms with van der Waals surface area (Å²) in [5.74, 6) is 0. The fraction of sp³-hybridized carbons (Fsp3) is 0.154. The number of sulfonamides is 1. The molecule has 0 aliphatic carbocycles. The number of nitrogens with zero attached hydrogens (tertiary/aromatic N) is 1. The third kappa shape index (κ3) is 3.19. The van der Waals surface area contributed by atoms with E-state index < -0.39 is 10.0 Å². The molecule has 0 fully saturated rings. The molecule has 4 nitrogen and oxygen atoms in total. The normalized spacial score (nSPS) is 11.2. The van der Waals surface area contributed by atoms with E-state index in [1.54, 1.807) is 0 Å². The molecule has 1 heterocycles. The van der Waals surface area contributed by atoms with Gasteiger partial charge in [-0.2, -0.15) is 5.26 Å². The molecular formula is C13H11ClN2O2S2. The summed E-state index contributed by atoms with van der Waals surface area (Å²) in [5, 5.41) is 10.7. The molecule has 104 valence electrons. The van der Waals surface area contributed by atoms with Gasteiger partial charge in [0.2, 0.25) is 10.0 Å². The molecule has 0 radical (unpaired) electrons. The van der Waals surface area contributed by atoms with E-state index in [9.17, 15) is 8.42 Å². The van der Waals surface area contributed by atoms with Gasteiger partial charge in [-0.05, 0) is 42.1 Å². The van der Waals surface area contributed by atoms with Crippen molar-refractivity contribution in [1.82, 2.24) is 4.72 Å². The SMILES string of the molecule is Cc1ccsc1CNS(=O)(=O)c1ccc(C#N)cc1Cl. The minimum atomic E-state index is -3.69. The van der Waals surface area contributed by atoms with Crippen LogP contribution in [0.2, 0.25) is 5.02 Å². The highest BCUT2D eigenvalue weighted by atomic mass is 35.5. The highest BCUT2D eigenvalue weighted by Crippen LogP contribution is 2.23. The van der Waals surface area contributed by atoms with Crippen molar-refractivity contribution >= 4 is 33.0 Å². The van der Waals surface area contributed by atoms with Crippen LogP contribution in [0.4, 0.5) is 0 Å². The molecule has 2 aromatic rings. The zero-order valence-corrected chi connectivity index (χ0v) is 12.9. The highest BCUT2D eigenvalue weighted by Gasteiger charge is 2.18. The summed E-state index contributed by atoms with van der Waals surface area (Å²) in [5.41, 5.74) is 1.37. The second-order valence-corrected chi connectivity index (χ2v) is 7.25. The molecule has 0 unspecified atom stereocenters. The van der Waals surface area contributed by atoms with Crippen molar-refractivity contribution in [1.29, 1.82) is 5.26 Å². The van der Waals surface area contributed by atoms with Crippen molar-refractivity contribution < 1.29 is 8.42 Å². The summed E-state index contributed by atoms with van der Waals surface area (Å²) in [6.45, 7) is 2.15. The molecule has 0 atom stereocenters. The van der Waals surface area contributed by atoms with Crippen LogP contribution in [0.1, 0.15) is 16.0 Å². The summed E-state index contributed by atoms with van der Waals surface area (Å²) in [6.07, 6.45) is 0. The Morgan fingerprint density at radius 2 is 2.15 bits per heavy atom. The lowest BCUT2D eigenvalue weighted by molar-refractivity contribution is 0.582. The number of thiophene rings is 1. The standard InChI is InChI=1S/C13H11ClN2O2S2/c1-9-4-5-19-12(9)8-16-20(17,18)13-3-2-10(7-15)6-11(13)14/h2-6,16H,8H2,1H3. The van der Waals surface area contributed by atoms with Gasteiger partial charge in [-0.15, -0.1) is 11.3 Å². The number of hydrogen-bond donors (Lipinski definition) is 1. The van der Waals surface area contributed by atoms with E-state index in [0.29, 0.717) is 5.56 Å². The molecule has 1 aromatic carbocycles. The molecule has 20 heavy (non-hydrogen) atoms. The second kappa shape index (κ2) is 5.94. The Balaban J connectivity index is 2.23. The predicted molar refractivity (Wildman–Crippen MR) is 79.2 cm³/mol. The fourth-order valence-electron chi connectivity index (χ4n) is 1.61. The van der Waals surface area contributed by atoms with Crippen LogP contribution in [0.5, 0.6) is 0 Å². The largest absolute Gasteiger partial charge is 0.242 e. The smallest absolute Gasteiger partial charge is 0.207 e. The monoisotopic (exact) mass is 326 g/mol. The number of halogens is 1. The van der Waals surface area contributed by atoms with E-state index in [1.165, 1.54) is 29.5 Å². The van der Waals surface area contributed by atoms with Gasteiger partial charge in [0.25, 0.3) is 0 Å². The van der Waals surface area contributed by atoms with Gasteiger partial charge in [0, 0.05) is 11.4 Å². The van der Waals surface area contributed by atoms with Crippen LogP contribution in [-0.4, -0.2) is 8.42 Å². The molecule has 1 aromatic heterocycles. The number of nitriles is 1. The summed E-state index contributed by atoms with van der Waals surface area (Å²) in [4.78, 5) is 0.936. The average Bonchev–Trinajstić information content (AvgIpc) is 2.81. The molecule has 1 N–H and O–H groups in total. The second-order valence-electron chi connectivity index (χ2n) is 4.11. The lowest BCUT2D eigenvalue weighted by atomic mass is 10.2. The first-order valence-corrected chi connectivity index (χ1v) is 8.40. The number of hydrogen-bond acceptors (Lipinski definition) is 4. The van der Waals surface area contributed by atoms with Crippen LogP contribution >= 0.6 is 22.9 Å². The van der Waals surface area contributed by atoms with Gasteiger partial charge in [-0.25, -0.2) is 13.1 Å².